The minimum Gasteiger partial charge on any atom is -0.312 e. The quantitative estimate of drug-likeness (QED) is 0.663. The van der Waals surface area contributed by atoms with Crippen molar-refractivity contribution < 1.29 is 0 Å². The standard InChI is InChI=1S/C11H12BrNS/c12-5-6-13-7-9-8-14-11-4-2-1-3-10(9)11/h1-4,8,13H,5-7H2. The van der Waals surface area contributed by atoms with Crippen molar-refractivity contribution in [1.82, 2.24) is 5.32 Å². The Hall–Kier alpha value is -0.380. The molecule has 0 bridgehead atoms. The summed E-state index contributed by atoms with van der Waals surface area (Å²) >= 11 is 5.22. The molecule has 0 amide bonds. The van der Waals surface area contributed by atoms with Crippen LogP contribution >= 0.6 is 27.3 Å². The average molecular weight is 270 g/mol. The fourth-order valence-electron chi connectivity index (χ4n) is 1.46. The molecule has 0 spiro atoms. The monoisotopic (exact) mass is 269 g/mol. The molecule has 0 aliphatic heterocycles. The second-order valence-corrected chi connectivity index (χ2v) is 4.83. The molecule has 14 heavy (non-hydrogen) atoms. The first-order valence-electron chi connectivity index (χ1n) is 4.63. The predicted molar refractivity (Wildman–Crippen MR) is 67.3 cm³/mol. The molecule has 0 saturated heterocycles. The number of alkyl halides is 1. The van der Waals surface area contributed by atoms with Crippen LogP contribution in [0, 0.1) is 0 Å². The van der Waals surface area contributed by atoms with Gasteiger partial charge in [0.1, 0.15) is 0 Å². The van der Waals surface area contributed by atoms with E-state index < -0.39 is 0 Å². The Labute approximate surface area is 96.3 Å². The van der Waals surface area contributed by atoms with Gasteiger partial charge in [0.2, 0.25) is 0 Å². The molecule has 1 nitrogen and oxygen atoms in total. The molecule has 3 heteroatoms. The number of hydrogen-bond donors (Lipinski definition) is 1. The van der Waals surface area contributed by atoms with E-state index in [-0.39, 0.29) is 0 Å². The smallest absolute Gasteiger partial charge is 0.0346 e. The van der Waals surface area contributed by atoms with Crippen molar-refractivity contribution in [3.63, 3.8) is 0 Å². The summed E-state index contributed by atoms with van der Waals surface area (Å²) in [4.78, 5) is 0. The first-order chi connectivity index (χ1) is 6.92. The maximum atomic E-state index is 3.40. The Morgan fingerprint density at radius 3 is 3.00 bits per heavy atom. The van der Waals surface area contributed by atoms with E-state index in [9.17, 15) is 0 Å². The van der Waals surface area contributed by atoms with Gasteiger partial charge in [-0.1, -0.05) is 34.1 Å². The van der Waals surface area contributed by atoms with Gasteiger partial charge in [-0.25, -0.2) is 0 Å². The van der Waals surface area contributed by atoms with Crippen LogP contribution in [0.4, 0.5) is 0 Å². The van der Waals surface area contributed by atoms with Gasteiger partial charge in [-0.2, -0.15) is 0 Å². The number of thiophene rings is 1. The SMILES string of the molecule is BrCCNCc1csc2ccccc12. The van der Waals surface area contributed by atoms with Gasteiger partial charge in [-0.3, -0.25) is 0 Å². The first-order valence-corrected chi connectivity index (χ1v) is 6.63. The van der Waals surface area contributed by atoms with Gasteiger partial charge in [0.15, 0.2) is 0 Å². The Morgan fingerprint density at radius 1 is 1.29 bits per heavy atom. The second-order valence-electron chi connectivity index (χ2n) is 3.12. The summed E-state index contributed by atoms with van der Waals surface area (Å²) < 4.78 is 1.38. The van der Waals surface area contributed by atoms with Gasteiger partial charge < -0.3 is 5.32 Å². The van der Waals surface area contributed by atoms with E-state index >= 15 is 0 Å². The van der Waals surface area contributed by atoms with Crippen molar-refractivity contribution >= 4 is 37.4 Å². The highest BCUT2D eigenvalue weighted by atomic mass is 79.9. The lowest BCUT2D eigenvalue weighted by atomic mass is 10.2. The number of halogens is 1. The highest BCUT2D eigenvalue weighted by Crippen LogP contribution is 2.25. The van der Waals surface area contributed by atoms with E-state index in [1.165, 1.54) is 15.6 Å². The van der Waals surface area contributed by atoms with Crippen molar-refractivity contribution in [2.45, 2.75) is 6.54 Å². The summed E-state index contributed by atoms with van der Waals surface area (Å²) in [6.07, 6.45) is 0. The summed E-state index contributed by atoms with van der Waals surface area (Å²) in [6.45, 7) is 1.99. The molecule has 0 fully saturated rings. The molecule has 0 saturated carbocycles. The van der Waals surface area contributed by atoms with Crippen molar-refractivity contribution in [1.29, 1.82) is 0 Å². The molecule has 1 heterocycles. The van der Waals surface area contributed by atoms with Crippen LogP contribution in [0.3, 0.4) is 0 Å². The van der Waals surface area contributed by atoms with Crippen molar-refractivity contribution in [2.75, 3.05) is 11.9 Å². The molecule has 1 aromatic heterocycles. The van der Waals surface area contributed by atoms with Crippen LogP contribution in [0.1, 0.15) is 5.56 Å². The highest BCUT2D eigenvalue weighted by molar-refractivity contribution is 9.09. The van der Waals surface area contributed by atoms with E-state index in [4.69, 9.17) is 0 Å². The van der Waals surface area contributed by atoms with Crippen molar-refractivity contribution in [3.05, 3.63) is 35.2 Å². The van der Waals surface area contributed by atoms with E-state index in [1.54, 1.807) is 0 Å². The maximum Gasteiger partial charge on any atom is 0.0346 e. The molecule has 2 rings (SSSR count). The zero-order valence-electron chi connectivity index (χ0n) is 7.79. The van der Waals surface area contributed by atoms with Crippen LogP contribution in [0.2, 0.25) is 0 Å². The third-order valence-electron chi connectivity index (χ3n) is 2.15. The fraction of sp³-hybridized carbons (Fsp3) is 0.273. The lowest BCUT2D eigenvalue weighted by Crippen LogP contribution is -2.15. The normalized spacial score (nSPS) is 10.9. The van der Waals surface area contributed by atoms with Gasteiger partial charge in [0.25, 0.3) is 0 Å². The number of hydrogen-bond acceptors (Lipinski definition) is 2. The molecule has 1 N–H and O–H groups in total. The Morgan fingerprint density at radius 2 is 2.14 bits per heavy atom. The summed E-state index contributed by atoms with van der Waals surface area (Å²) in [6, 6.07) is 8.56. The van der Waals surface area contributed by atoms with Crippen LogP contribution in [0.25, 0.3) is 10.1 Å². The van der Waals surface area contributed by atoms with Gasteiger partial charge in [0, 0.05) is 23.1 Å². The van der Waals surface area contributed by atoms with Crippen LogP contribution < -0.4 is 5.32 Å². The predicted octanol–water partition coefficient (Wildman–Crippen LogP) is 3.39. The van der Waals surface area contributed by atoms with E-state index in [2.05, 4.69) is 50.9 Å². The summed E-state index contributed by atoms with van der Waals surface area (Å²) in [7, 11) is 0. The van der Waals surface area contributed by atoms with Crippen molar-refractivity contribution in [3.8, 4) is 0 Å². The summed E-state index contributed by atoms with van der Waals surface area (Å²) in [5, 5.41) is 8.03. The Bertz CT molecular complexity index is 410. The average Bonchev–Trinajstić information content (AvgIpc) is 2.63. The lowest BCUT2D eigenvalue weighted by molar-refractivity contribution is 0.739. The number of fused-ring (bicyclic) bond motifs is 1. The van der Waals surface area contributed by atoms with Crippen LogP contribution in [-0.2, 0) is 6.54 Å². The largest absolute Gasteiger partial charge is 0.312 e. The lowest BCUT2D eigenvalue weighted by Gasteiger charge is -2.00. The molecule has 0 aliphatic rings. The van der Waals surface area contributed by atoms with Gasteiger partial charge in [-0.15, -0.1) is 11.3 Å². The third kappa shape index (κ3) is 2.16. The van der Waals surface area contributed by atoms with Crippen molar-refractivity contribution in [2.24, 2.45) is 0 Å². The van der Waals surface area contributed by atoms with E-state index in [0.29, 0.717) is 0 Å². The number of nitrogens with one attached hydrogen (secondary N) is 1. The fourth-order valence-corrected chi connectivity index (χ4v) is 2.70. The van der Waals surface area contributed by atoms with Crippen LogP contribution in [0.5, 0.6) is 0 Å². The molecule has 0 unspecified atom stereocenters. The minimum atomic E-state index is 0.968. The van der Waals surface area contributed by atoms with Gasteiger partial charge >= 0.3 is 0 Å². The Balaban J connectivity index is 2.17. The number of rotatable bonds is 4. The second kappa shape index (κ2) is 4.91. The maximum absolute atomic E-state index is 3.40. The first kappa shape index (κ1) is 10.1. The number of benzene rings is 1. The molecular weight excluding hydrogens is 258 g/mol. The van der Waals surface area contributed by atoms with Gasteiger partial charge in [0.05, 0.1) is 0 Å². The molecule has 0 radical (unpaired) electrons. The third-order valence-corrected chi connectivity index (χ3v) is 3.56. The molecule has 0 atom stereocenters. The molecule has 0 aliphatic carbocycles. The topological polar surface area (TPSA) is 12.0 Å². The summed E-state index contributed by atoms with van der Waals surface area (Å²) in [5.74, 6) is 0. The molecule has 2 aromatic rings. The summed E-state index contributed by atoms with van der Waals surface area (Å²) in [5.41, 5.74) is 1.41. The van der Waals surface area contributed by atoms with Gasteiger partial charge in [-0.05, 0) is 22.4 Å². The zero-order chi connectivity index (χ0) is 9.80. The molecule has 74 valence electrons. The Kier molecular flexibility index (Phi) is 3.56. The molecule has 1 aromatic carbocycles. The van der Waals surface area contributed by atoms with Crippen LogP contribution in [0.15, 0.2) is 29.6 Å². The zero-order valence-corrected chi connectivity index (χ0v) is 10.2. The van der Waals surface area contributed by atoms with Crippen LogP contribution in [-0.4, -0.2) is 11.9 Å². The minimum absolute atomic E-state index is 0.968. The van der Waals surface area contributed by atoms with E-state index in [0.717, 1.165) is 18.4 Å². The molecular formula is C11H12BrNS. The highest BCUT2D eigenvalue weighted by Gasteiger charge is 2.01. The van der Waals surface area contributed by atoms with E-state index in [1.807, 2.05) is 11.3 Å².